The van der Waals surface area contributed by atoms with Crippen molar-refractivity contribution in [2.75, 3.05) is 4.90 Å². The topological polar surface area (TPSA) is 98.6 Å². The smallest absolute Gasteiger partial charge is 0.273 e. The number of aromatic nitrogens is 4. The fourth-order valence-corrected chi connectivity index (χ4v) is 3.76. The van der Waals surface area contributed by atoms with E-state index in [9.17, 15) is 4.79 Å². The summed E-state index contributed by atoms with van der Waals surface area (Å²) in [7, 11) is 0. The van der Waals surface area contributed by atoms with Crippen molar-refractivity contribution in [3.05, 3.63) is 52.5 Å². The second kappa shape index (κ2) is 6.02. The molecule has 1 saturated heterocycles. The first kappa shape index (κ1) is 14.8. The number of thioether (sulfide) groups is 1. The summed E-state index contributed by atoms with van der Waals surface area (Å²) in [5, 5.41) is 23.2. The number of benzene rings is 1. The number of carbonyl (C=O) groups is 1. The summed E-state index contributed by atoms with van der Waals surface area (Å²) in [4.78, 5) is 14.3. The van der Waals surface area contributed by atoms with Crippen molar-refractivity contribution < 1.29 is 4.79 Å². The molecule has 7 nitrogen and oxygen atoms in total. The van der Waals surface area contributed by atoms with Gasteiger partial charge in [0.15, 0.2) is 5.17 Å². The summed E-state index contributed by atoms with van der Waals surface area (Å²) >= 11 is 2.32. The van der Waals surface area contributed by atoms with E-state index in [4.69, 9.17) is 5.41 Å². The molecule has 0 radical (unpaired) electrons. The van der Waals surface area contributed by atoms with Crippen LogP contribution in [0.2, 0.25) is 0 Å². The Bertz CT molecular complexity index is 932. The largest absolute Gasteiger partial charge is 0.278 e. The maximum Gasteiger partial charge on any atom is 0.273 e. The van der Waals surface area contributed by atoms with Gasteiger partial charge in [-0.2, -0.15) is 5.10 Å². The Hall–Kier alpha value is -2.78. The summed E-state index contributed by atoms with van der Waals surface area (Å²) in [6.45, 7) is 0. The average molecular weight is 354 g/mol. The van der Waals surface area contributed by atoms with Crippen molar-refractivity contribution in [2.45, 2.75) is 0 Å². The van der Waals surface area contributed by atoms with Crippen LogP contribution in [0.5, 0.6) is 0 Å². The SMILES string of the molecule is N=C1SC(=Cc2cn[nH]c2-c2ccccc2)C(=O)N1c1nncs1. The summed E-state index contributed by atoms with van der Waals surface area (Å²) in [6.07, 6.45) is 3.41. The predicted octanol–water partition coefficient (Wildman–Crippen LogP) is 2.98. The summed E-state index contributed by atoms with van der Waals surface area (Å²) < 4.78 is 0. The Morgan fingerprint density at radius 2 is 2.08 bits per heavy atom. The molecule has 1 amide bonds. The molecule has 2 N–H and O–H groups in total. The van der Waals surface area contributed by atoms with Gasteiger partial charge in [0.05, 0.1) is 16.8 Å². The number of rotatable bonds is 3. The van der Waals surface area contributed by atoms with Crippen LogP contribution >= 0.6 is 23.1 Å². The van der Waals surface area contributed by atoms with E-state index in [0.29, 0.717) is 10.0 Å². The van der Waals surface area contributed by atoms with E-state index in [1.807, 2.05) is 30.3 Å². The fraction of sp³-hybridized carbons (Fsp3) is 0. The number of hydrogen-bond donors (Lipinski definition) is 2. The zero-order valence-corrected chi connectivity index (χ0v) is 13.8. The minimum Gasteiger partial charge on any atom is -0.278 e. The van der Waals surface area contributed by atoms with Crippen LogP contribution < -0.4 is 4.90 Å². The fourth-order valence-electron chi connectivity index (χ4n) is 2.31. The van der Waals surface area contributed by atoms with Gasteiger partial charge in [0, 0.05) is 11.1 Å². The molecule has 4 rings (SSSR count). The van der Waals surface area contributed by atoms with Gasteiger partial charge in [-0.15, -0.1) is 10.2 Å². The minimum atomic E-state index is -0.276. The summed E-state index contributed by atoms with van der Waals surface area (Å²) in [5.41, 5.74) is 4.14. The molecule has 1 aliphatic rings. The molecule has 3 heterocycles. The summed E-state index contributed by atoms with van der Waals surface area (Å²) in [6, 6.07) is 9.75. The standard InChI is InChI=1S/C15H10N6OS2/c16-14-21(15-20-18-8-23-15)13(22)11(24-14)6-10-7-17-19-12(10)9-4-2-1-3-5-9/h1-8,16H,(H,17,19). The van der Waals surface area contributed by atoms with Crippen LogP contribution in [0.25, 0.3) is 17.3 Å². The molecule has 118 valence electrons. The Labute approximate surface area is 144 Å². The van der Waals surface area contributed by atoms with Crippen LogP contribution in [0, 0.1) is 5.41 Å². The number of hydrogen-bond acceptors (Lipinski definition) is 7. The van der Waals surface area contributed by atoms with Gasteiger partial charge in [0.2, 0.25) is 5.13 Å². The molecule has 0 unspecified atom stereocenters. The van der Waals surface area contributed by atoms with E-state index < -0.39 is 0 Å². The molecular formula is C15H10N6OS2. The van der Waals surface area contributed by atoms with Crippen molar-refractivity contribution in [2.24, 2.45) is 0 Å². The van der Waals surface area contributed by atoms with E-state index in [1.165, 1.54) is 21.7 Å². The Balaban J connectivity index is 1.70. The number of H-pyrrole nitrogens is 1. The quantitative estimate of drug-likeness (QED) is 0.705. The van der Waals surface area contributed by atoms with Gasteiger partial charge in [-0.05, 0) is 17.8 Å². The number of amidine groups is 1. The molecule has 1 aliphatic heterocycles. The lowest BCUT2D eigenvalue weighted by Gasteiger charge is -2.08. The van der Waals surface area contributed by atoms with Gasteiger partial charge < -0.3 is 0 Å². The maximum absolute atomic E-state index is 12.6. The maximum atomic E-state index is 12.6. The van der Waals surface area contributed by atoms with Crippen LogP contribution in [-0.4, -0.2) is 31.5 Å². The van der Waals surface area contributed by atoms with Crippen molar-refractivity contribution in [1.82, 2.24) is 20.4 Å². The zero-order valence-electron chi connectivity index (χ0n) is 12.1. The lowest BCUT2D eigenvalue weighted by atomic mass is 10.1. The van der Waals surface area contributed by atoms with E-state index >= 15 is 0 Å². The van der Waals surface area contributed by atoms with E-state index in [2.05, 4.69) is 20.4 Å². The molecule has 3 aromatic rings. The first-order valence-electron chi connectivity index (χ1n) is 6.91. The molecule has 9 heteroatoms. The first-order valence-corrected chi connectivity index (χ1v) is 8.61. The van der Waals surface area contributed by atoms with E-state index in [0.717, 1.165) is 28.6 Å². The Morgan fingerprint density at radius 3 is 2.83 bits per heavy atom. The second-order valence-corrected chi connectivity index (χ2v) is 6.69. The molecule has 0 aliphatic carbocycles. The number of amides is 1. The predicted molar refractivity (Wildman–Crippen MR) is 94.7 cm³/mol. The van der Waals surface area contributed by atoms with Crippen LogP contribution in [0.1, 0.15) is 5.56 Å². The highest BCUT2D eigenvalue weighted by atomic mass is 32.2. The third-order valence-corrected chi connectivity index (χ3v) is 4.94. The van der Waals surface area contributed by atoms with Gasteiger partial charge in [-0.25, -0.2) is 4.90 Å². The minimum absolute atomic E-state index is 0.118. The molecule has 1 aromatic carbocycles. The lowest BCUT2D eigenvalue weighted by Crippen LogP contribution is -2.27. The number of carbonyl (C=O) groups excluding carboxylic acids is 1. The molecular weight excluding hydrogens is 344 g/mol. The van der Waals surface area contributed by atoms with Gasteiger partial charge in [-0.3, -0.25) is 15.3 Å². The average Bonchev–Trinajstić information content (AvgIpc) is 3.31. The molecule has 0 atom stereocenters. The first-order chi connectivity index (χ1) is 11.7. The van der Waals surface area contributed by atoms with Crippen LogP contribution in [0.15, 0.2) is 46.9 Å². The molecule has 1 fully saturated rings. The van der Waals surface area contributed by atoms with Gasteiger partial charge in [0.25, 0.3) is 5.91 Å². The Morgan fingerprint density at radius 1 is 1.25 bits per heavy atom. The van der Waals surface area contributed by atoms with Crippen molar-refractivity contribution >= 4 is 45.4 Å². The highest BCUT2D eigenvalue weighted by Gasteiger charge is 2.35. The van der Waals surface area contributed by atoms with Gasteiger partial charge >= 0.3 is 0 Å². The van der Waals surface area contributed by atoms with Crippen LogP contribution in [0.4, 0.5) is 5.13 Å². The zero-order chi connectivity index (χ0) is 16.5. The number of anilines is 1. The molecule has 2 aromatic heterocycles. The van der Waals surface area contributed by atoms with Gasteiger partial charge in [0.1, 0.15) is 5.51 Å². The van der Waals surface area contributed by atoms with Gasteiger partial charge in [-0.1, -0.05) is 41.7 Å². The summed E-state index contributed by atoms with van der Waals surface area (Å²) in [5.74, 6) is -0.276. The molecule has 0 bridgehead atoms. The monoisotopic (exact) mass is 354 g/mol. The number of nitrogens with zero attached hydrogens (tertiary/aromatic N) is 4. The second-order valence-electron chi connectivity index (χ2n) is 4.84. The normalized spacial score (nSPS) is 16.3. The number of aromatic amines is 1. The molecule has 0 spiro atoms. The van der Waals surface area contributed by atoms with Crippen molar-refractivity contribution in [3.8, 4) is 11.3 Å². The third kappa shape index (κ3) is 2.53. The molecule has 24 heavy (non-hydrogen) atoms. The van der Waals surface area contributed by atoms with Crippen molar-refractivity contribution in [3.63, 3.8) is 0 Å². The third-order valence-electron chi connectivity index (χ3n) is 3.38. The van der Waals surface area contributed by atoms with Crippen LogP contribution in [0.3, 0.4) is 0 Å². The number of nitrogens with one attached hydrogen (secondary N) is 2. The van der Waals surface area contributed by atoms with Crippen molar-refractivity contribution in [1.29, 1.82) is 5.41 Å². The lowest BCUT2D eigenvalue weighted by molar-refractivity contribution is -0.113. The van der Waals surface area contributed by atoms with E-state index in [1.54, 1.807) is 12.3 Å². The molecule has 0 saturated carbocycles. The highest BCUT2D eigenvalue weighted by Crippen LogP contribution is 2.36. The van der Waals surface area contributed by atoms with Crippen LogP contribution in [-0.2, 0) is 4.79 Å². The highest BCUT2D eigenvalue weighted by molar-refractivity contribution is 8.19. The Kier molecular flexibility index (Phi) is 3.71. The van der Waals surface area contributed by atoms with E-state index in [-0.39, 0.29) is 11.1 Å².